The van der Waals surface area contributed by atoms with Crippen molar-refractivity contribution in [2.45, 2.75) is 40.3 Å². The third kappa shape index (κ3) is 4.18. The van der Waals surface area contributed by atoms with Crippen LogP contribution in [0.15, 0.2) is 30.3 Å². The van der Waals surface area contributed by atoms with E-state index in [1.165, 1.54) is 13.8 Å². The molecule has 1 aliphatic rings. The summed E-state index contributed by atoms with van der Waals surface area (Å²) in [5.41, 5.74) is 0.906. The van der Waals surface area contributed by atoms with E-state index in [1.54, 1.807) is 13.8 Å². The third-order valence-corrected chi connectivity index (χ3v) is 4.72. The van der Waals surface area contributed by atoms with Crippen LogP contribution in [0.4, 0.5) is 0 Å². The zero-order valence-electron chi connectivity index (χ0n) is 15.5. The third-order valence-electron chi connectivity index (χ3n) is 4.72. The summed E-state index contributed by atoms with van der Waals surface area (Å²) in [5, 5.41) is 2.77. The molecule has 0 spiro atoms. The average molecular weight is 359 g/mol. The predicted molar refractivity (Wildman–Crippen MR) is 94.8 cm³/mol. The van der Waals surface area contributed by atoms with Gasteiger partial charge in [0.2, 0.25) is 5.91 Å². The fraction of sp³-hybridized carbons (Fsp3) is 0.500. The Labute approximate surface area is 153 Å². The molecule has 1 N–H and O–H groups in total. The van der Waals surface area contributed by atoms with Crippen molar-refractivity contribution in [3.8, 4) is 0 Å². The molecule has 2 rings (SSSR count). The van der Waals surface area contributed by atoms with Gasteiger partial charge in [0.25, 0.3) is 0 Å². The monoisotopic (exact) mass is 359 g/mol. The number of amides is 1. The highest BCUT2D eigenvalue weighted by Crippen LogP contribution is 2.48. The Hall–Kier alpha value is -2.50. The highest BCUT2D eigenvalue weighted by Gasteiger charge is 2.61. The molecule has 0 radical (unpaired) electrons. The number of carbonyl (C=O) groups excluding carboxylic acids is 4. The van der Waals surface area contributed by atoms with Crippen LogP contribution in [-0.4, -0.2) is 29.5 Å². The average Bonchev–Trinajstić information content (AvgIpc) is 2.51. The van der Waals surface area contributed by atoms with E-state index >= 15 is 0 Å². The minimum absolute atomic E-state index is 0.265. The lowest BCUT2D eigenvalue weighted by molar-refractivity contribution is -0.179. The largest absolute Gasteiger partial charge is 0.463 e. The lowest BCUT2D eigenvalue weighted by Gasteiger charge is -2.47. The molecule has 1 amide bonds. The molecule has 0 bridgehead atoms. The zero-order chi connectivity index (χ0) is 19.4. The van der Waals surface area contributed by atoms with Gasteiger partial charge in [-0.2, -0.15) is 0 Å². The Balaban J connectivity index is 2.19. The maximum absolute atomic E-state index is 12.7. The smallest absolute Gasteiger partial charge is 0.310 e. The van der Waals surface area contributed by atoms with Gasteiger partial charge in [0.05, 0.1) is 17.9 Å². The molecule has 1 aromatic carbocycles. The van der Waals surface area contributed by atoms with Gasteiger partial charge in [0.1, 0.15) is 11.6 Å². The van der Waals surface area contributed by atoms with Gasteiger partial charge in [-0.25, -0.2) is 0 Å². The maximum Gasteiger partial charge on any atom is 0.310 e. The lowest BCUT2D eigenvalue weighted by Crippen LogP contribution is -2.61. The van der Waals surface area contributed by atoms with Crippen LogP contribution in [-0.2, 0) is 30.5 Å². The standard InChI is InChI=1S/C20H25NO5/c1-11(2)26-20(25)18-16(13(4)23)15(12(3)22)17(18)19(24)21-10-14-8-6-5-7-9-14/h5-9,11,15-18H,10H2,1-4H3,(H,21,24)/t15-,16+,17-,18+/m0/s1. The van der Waals surface area contributed by atoms with Crippen molar-refractivity contribution in [3.05, 3.63) is 35.9 Å². The zero-order valence-corrected chi connectivity index (χ0v) is 15.5. The van der Waals surface area contributed by atoms with Crippen LogP contribution in [0.5, 0.6) is 0 Å². The van der Waals surface area contributed by atoms with E-state index in [0.717, 1.165) is 5.56 Å². The van der Waals surface area contributed by atoms with Crippen molar-refractivity contribution in [2.24, 2.45) is 23.7 Å². The van der Waals surface area contributed by atoms with Crippen molar-refractivity contribution < 1.29 is 23.9 Å². The van der Waals surface area contributed by atoms with Gasteiger partial charge in [0, 0.05) is 18.4 Å². The number of ether oxygens (including phenoxy) is 1. The summed E-state index contributed by atoms with van der Waals surface area (Å²) in [4.78, 5) is 49.2. The first kappa shape index (κ1) is 19.8. The summed E-state index contributed by atoms with van der Waals surface area (Å²) < 4.78 is 5.22. The number of hydrogen-bond donors (Lipinski definition) is 1. The molecule has 6 nitrogen and oxygen atoms in total. The van der Waals surface area contributed by atoms with Crippen LogP contribution < -0.4 is 5.32 Å². The highest BCUT2D eigenvalue weighted by molar-refractivity contribution is 6.01. The Morgan fingerprint density at radius 3 is 1.96 bits per heavy atom. The molecule has 0 unspecified atom stereocenters. The molecule has 1 aromatic rings. The van der Waals surface area contributed by atoms with E-state index in [4.69, 9.17) is 4.74 Å². The van der Waals surface area contributed by atoms with Gasteiger partial charge >= 0.3 is 5.97 Å². The van der Waals surface area contributed by atoms with E-state index in [0.29, 0.717) is 0 Å². The highest BCUT2D eigenvalue weighted by atomic mass is 16.5. The second kappa shape index (κ2) is 8.25. The van der Waals surface area contributed by atoms with Crippen molar-refractivity contribution in [3.63, 3.8) is 0 Å². The van der Waals surface area contributed by atoms with Gasteiger partial charge in [-0.15, -0.1) is 0 Å². The maximum atomic E-state index is 12.7. The molecule has 0 saturated heterocycles. The molecule has 140 valence electrons. The number of benzene rings is 1. The summed E-state index contributed by atoms with van der Waals surface area (Å²) in [6.07, 6.45) is -0.362. The van der Waals surface area contributed by atoms with Gasteiger partial charge in [0.15, 0.2) is 0 Å². The number of hydrogen-bond acceptors (Lipinski definition) is 5. The van der Waals surface area contributed by atoms with Gasteiger partial charge in [-0.05, 0) is 33.3 Å². The molecule has 0 aliphatic heterocycles. The molecule has 0 aromatic heterocycles. The van der Waals surface area contributed by atoms with Crippen LogP contribution >= 0.6 is 0 Å². The minimum atomic E-state index is -0.917. The predicted octanol–water partition coefficient (Wildman–Crippen LogP) is 1.91. The van der Waals surface area contributed by atoms with Gasteiger partial charge < -0.3 is 10.1 Å². The molecular formula is C20H25NO5. The SMILES string of the molecule is CC(=O)[C@@H]1[C@H](C(C)=O)[C@H](C(=O)NCc2ccccc2)[C@@H]1C(=O)OC(C)C. The van der Waals surface area contributed by atoms with Crippen LogP contribution in [0.1, 0.15) is 33.3 Å². The number of Topliss-reactive ketones (excluding diaryl/α,β-unsaturated/α-hetero) is 2. The Kier molecular flexibility index (Phi) is 6.29. The number of rotatable bonds is 7. The van der Waals surface area contributed by atoms with Crippen molar-refractivity contribution in [1.82, 2.24) is 5.32 Å². The number of esters is 1. The molecular weight excluding hydrogens is 334 g/mol. The van der Waals surface area contributed by atoms with Gasteiger partial charge in [-0.1, -0.05) is 30.3 Å². The van der Waals surface area contributed by atoms with E-state index in [9.17, 15) is 19.2 Å². The van der Waals surface area contributed by atoms with Crippen LogP contribution in [0, 0.1) is 23.7 Å². The van der Waals surface area contributed by atoms with E-state index < -0.39 is 35.5 Å². The number of carbonyl (C=O) groups is 4. The number of nitrogens with one attached hydrogen (secondary N) is 1. The first-order chi connectivity index (χ1) is 12.2. The summed E-state index contributed by atoms with van der Waals surface area (Å²) >= 11 is 0. The first-order valence-electron chi connectivity index (χ1n) is 8.77. The van der Waals surface area contributed by atoms with Crippen molar-refractivity contribution in [1.29, 1.82) is 0 Å². The molecule has 26 heavy (non-hydrogen) atoms. The Morgan fingerprint density at radius 2 is 1.46 bits per heavy atom. The minimum Gasteiger partial charge on any atom is -0.463 e. The molecule has 6 heteroatoms. The summed E-state index contributed by atoms with van der Waals surface area (Å²) in [5.74, 6) is -4.92. The Bertz CT molecular complexity index is 697. The number of ketones is 2. The molecule has 0 heterocycles. The van der Waals surface area contributed by atoms with Crippen LogP contribution in [0.3, 0.4) is 0 Å². The quantitative estimate of drug-likeness (QED) is 0.751. The topological polar surface area (TPSA) is 89.5 Å². The van der Waals surface area contributed by atoms with Gasteiger partial charge in [-0.3, -0.25) is 19.2 Å². The Morgan fingerprint density at radius 1 is 0.923 bits per heavy atom. The van der Waals surface area contributed by atoms with Crippen LogP contribution in [0.2, 0.25) is 0 Å². The second-order valence-electron chi connectivity index (χ2n) is 7.01. The van der Waals surface area contributed by atoms with E-state index in [1.807, 2.05) is 30.3 Å². The van der Waals surface area contributed by atoms with Crippen molar-refractivity contribution >= 4 is 23.4 Å². The fourth-order valence-corrected chi connectivity index (χ4v) is 3.59. The molecule has 1 aliphatic carbocycles. The second-order valence-corrected chi connectivity index (χ2v) is 7.01. The van der Waals surface area contributed by atoms with Crippen LogP contribution in [0.25, 0.3) is 0 Å². The lowest BCUT2D eigenvalue weighted by atomic mass is 9.53. The first-order valence-corrected chi connectivity index (χ1v) is 8.77. The normalized spacial score (nSPS) is 24.5. The van der Waals surface area contributed by atoms with Crippen molar-refractivity contribution in [2.75, 3.05) is 0 Å². The molecule has 4 atom stereocenters. The summed E-state index contributed by atoms with van der Waals surface area (Å²) in [6, 6.07) is 9.33. The summed E-state index contributed by atoms with van der Waals surface area (Å²) in [6.45, 7) is 6.38. The molecule has 1 saturated carbocycles. The molecule has 1 fully saturated rings. The summed E-state index contributed by atoms with van der Waals surface area (Å²) in [7, 11) is 0. The fourth-order valence-electron chi connectivity index (χ4n) is 3.59. The van der Waals surface area contributed by atoms with E-state index in [2.05, 4.69) is 5.32 Å². The van der Waals surface area contributed by atoms with E-state index in [-0.39, 0.29) is 24.2 Å².